The van der Waals surface area contributed by atoms with E-state index in [0.29, 0.717) is 0 Å². The van der Waals surface area contributed by atoms with Crippen molar-refractivity contribution in [2.45, 2.75) is 33.2 Å². The Morgan fingerprint density at radius 3 is 2.45 bits per heavy atom. The first kappa shape index (κ1) is 19.4. The van der Waals surface area contributed by atoms with Crippen LogP contribution in [0.25, 0.3) is 33.5 Å². The molecule has 3 aromatic carbocycles. The maximum Gasteiger partial charge on any atom is 0.140 e. The van der Waals surface area contributed by atoms with Crippen molar-refractivity contribution < 1.29 is 5.11 Å². The lowest BCUT2D eigenvalue weighted by atomic mass is 10.1. The van der Waals surface area contributed by atoms with Crippen LogP contribution in [-0.2, 0) is 20.0 Å². The van der Waals surface area contributed by atoms with Gasteiger partial charge < -0.3 is 14.2 Å². The summed E-state index contributed by atoms with van der Waals surface area (Å²) in [6.45, 7) is 5.03. The minimum Gasteiger partial charge on any atom is -0.508 e. The van der Waals surface area contributed by atoms with E-state index in [0.717, 1.165) is 69.8 Å². The van der Waals surface area contributed by atoms with E-state index in [4.69, 9.17) is 9.97 Å². The van der Waals surface area contributed by atoms with Gasteiger partial charge in [-0.05, 0) is 60.9 Å². The van der Waals surface area contributed by atoms with Crippen LogP contribution in [0.3, 0.4) is 0 Å². The van der Waals surface area contributed by atoms with Gasteiger partial charge in [-0.1, -0.05) is 31.2 Å². The minimum atomic E-state index is 0.285. The fourth-order valence-corrected chi connectivity index (χ4v) is 4.35. The fraction of sp³-hybridized carbons (Fsp3) is 0.231. The number of aromatic hydroxyl groups is 1. The molecule has 0 saturated carbocycles. The SMILES string of the molecule is CCCc1nc2c(C)cc(-c3nc4ccccc4n3C)cc2n1Cc1ccc(O)cc1. The summed E-state index contributed by atoms with van der Waals surface area (Å²) in [7, 11) is 2.07. The Bertz CT molecular complexity index is 1390. The first-order chi connectivity index (χ1) is 15.0. The third-order valence-corrected chi connectivity index (χ3v) is 5.92. The van der Waals surface area contributed by atoms with E-state index in [1.165, 1.54) is 0 Å². The van der Waals surface area contributed by atoms with E-state index < -0.39 is 0 Å². The number of imidazole rings is 2. The second-order valence-corrected chi connectivity index (χ2v) is 8.17. The van der Waals surface area contributed by atoms with Gasteiger partial charge in [-0.25, -0.2) is 9.97 Å². The molecule has 1 N–H and O–H groups in total. The highest BCUT2D eigenvalue weighted by molar-refractivity contribution is 5.87. The molecule has 0 radical (unpaired) electrons. The van der Waals surface area contributed by atoms with Gasteiger partial charge in [0.15, 0.2) is 0 Å². The molecular formula is C26H26N4O. The van der Waals surface area contributed by atoms with Crippen molar-refractivity contribution in [3.05, 3.63) is 77.6 Å². The number of para-hydroxylation sites is 2. The molecule has 0 amide bonds. The molecule has 0 saturated heterocycles. The monoisotopic (exact) mass is 410 g/mol. The van der Waals surface area contributed by atoms with Gasteiger partial charge in [-0.3, -0.25) is 0 Å². The quantitative estimate of drug-likeness (QED) is 0.410. The zero-order valence-electron chi connectivity index (χ0n) is 18.1. The topological polar surface area (TPSA) is 55.9 Å². The van der Waals surface area contributed by atoms with Crippen LogP contribution < -0.4 is 0 Å². The fourth-order valence-electron chi connectivity index (χ4n) is 4.35. The van der Waals surface area contributed by atoms with E-state index in [1.54, 1.807) is 12.1 Å². The Labute approximate surface area is 181 Å². The molecular weight excluding hydrogens is 384 g/mol. The Hall–Kier alpha value is -3.60. The Morgan fingerprint density at radius 2 is 1.71 bits per heavy atom. The second kappa shape index (κ2) is 7.58. The van der Waals surface area contributed by atoms with E-state index in [2.05, 4.69) is 54.3 Å². The molecule has 5 aromatic rings. The number of phenolic OH excluding ortho intramolecular Hbond substituents is 1. The van der Waals surface area contributed by atoms with E-state index >= 15 is 0 Å². The highest BCUT2D eigenvalue weighted by Crippen LogP contribution is 2.30. The van der Waals surface area contributed by atoms with Crippen molar-refractivity contribution in [1.82, 2.24) is 19.1 Å². The third kappa shape index (κ3) is 3.36. The van der Waals surface area contributed by atoms with E-state index in [1.807, 2.05) is 24.3 Å². The van der Waals surface area contributed by atoms with Gasteiger partial charge in [0.1, 0.15) is 17.4 Å². The summed E-state index contributed by atoms with van der Waals surface area (Å²) in [5, 5.41) is 9.65. The molecule has 0 bridgehead atoms. The van der Waals surface area contributed by atoms with Crippen LogP contribution >= 0.6 is 0 Å². The molecule has 31 heavy (non-hydrogen) atoms. The summed E-state index contributed by atoms with van der Waals surface area (Å²) in [4.78, 5) is 9.90. The third-order valence-electron chi connectivity index (χ3n) is 5.92. The second-order valence-electron chi connectivity index (χ2n) is 8.17. The Kier molecular flexibility index (Phi) is 4.74. The zero-order chi connectivity index (χ0) is 21.5. The average Bonchev–Trinajstić information content (AvgIpc) is 3.29. The summed E-state index contributed by atoms with van der Waals surface area (Å²) in [6, 6.07) is 20.1. The van der Waals surface area contributed by atoms with Crippen LogP contribution in [-0.4, -0.2) is 24.2 Å². The van der Waals surface area contributed by atoms with Crippen molar-refractivity contribution in [3.8, 4) is 17.1 Å². The smallest absolute Gasteiger partial charge is 0.140 e. The lowest BCUT2D eigenvalue weighted by molar-refractivity contribution is 0.475. The Balaban J connectivity index is 1.69. The Morgan fingerprint density at radius 1 is 0.935 bits per heavy atom. The molecule has 2 aromatic heterocycles. The van der Waals surface area contributed by atoms with Gasteiger partial charge in [0.2, 0.25) is 0 Å². The van der Waals surface area contributed by atoms with Crippen LogP contribution in [0.2, 0.25) is 0 Å². The number of hydrogen-bond acceptors (Lipinski definition) is 3. The predicted molar refractivity (Wildman–Crippen MR) is 125 cm³/mol. The molecule has 5 rings (SSSR count). The van der Waals surface area contributed by atoms with Gasteiger partial charge in [-0.15, -0.1) is 0 Å². The van der Waals surface area contributed by atoms with E-state index in [9.17, 15) is 5.11 Å². The van der Waals surface area contributed by atoms with Gasteiger partial charge in [0.25, 0.3) is 0 Å². The summed E-state index contributed by atoms with van der Waals surface area (Å²) in [6.07, 6.45) is 1.96. The van der Waals surface area contributed by atoms with Gasteiger partial charge in [0.05, 0.1) is 22.1 Å². The number of hydrogen-bond donors (Lipinski definition) is 1. The molecule has 0 aliphatic heterocycles. The van der Waals surface area contributed by atoms with Crippen LogP contribution in [0.1, 0.15) is 30.3 Å². The van der Waals surface area contributed by atoms with Crippen LogP contribution in [0.4, 0.5) is 0 Å². The molecule has 0 fully saturated rings. The van der Waals surface area contributed by atoms with Crippen molar-refractivity contribution in [3.63, 3.8) is 0 Å². The number of aryl methyl sites for hydroxylation is 3. The zero-order valence-corrected chi connectivity index (χ0v) is 18.1. The predicted octanol–water partition coefficient (Wildman–Crippen LogP) is 5.60. The van der Waals surface area contributed by atoms with Crippen molar-refractivity contribution in [2.75, 3.05) is 0 Å². The average molecular weight is 411 g/mol. The largest absolute Gasteiger partial charge is 0.508 e. The summed E-state index contributed by atoms with van der Waals surface area (Å²) in [5.41, 5.74) is 7.69. The molecule has 5 heteroatoms. The lowest BCUT2D eigenvalue weighted by Gasteiger charge is -2.11. The molecule has 0 aliphatic rings. The van der Waals surface area contributed by atoms with Crippen molar-refractivity contribution >= 4 is 22.1 Å². The summed E-state index contributed by atoms with van der Waals surface area (Å²) in [5.74, 6) is 2.34. The van der Waals surface area contributed by atoms with Gasteiger partial charge >= 0.3 is 0 Å². The molecule has 0 aliphatic carbocycles. The number of fused-ring (bicyclic) bond motifs is 2. The first-order valence-corrected chi connectivity index (χ1v) is 10.7. The highest BCUT2D eigenvalue weighted by Gasteiger charge is 2.17. The van der Waals surface area contributed by atoms with Crippen molar-refractivity contribution in [2.24, 2.45) is 7.05 Å². The number of benzene rings is 3. The standard InChI is InChI=1S/C26H26N4O/c1-4-7-24-28-25-17(2)14-19(26-27-21-8-5-6-9-22(21)29(26)3)15-23(25)30(24)16-18-10-12-20(31)13-11-18/h5-6,8-15,31H,4,7,16H2,1-3H3. The van der Waals surface area contributed by atoms with Crippen LogP contribution in [0, 0.1) is 6.92 Å². The van der Waals surface area contributed by atoms with E-state index in [-0.39, 0.29) is 5.75 Å². The summed E-state index contributed by atoms with van der Waals surface area (Å²) >= 11 is 0. The van der Waals surface area contributed by atoms with Gasteiger partial charge in [-0.2, -0.15) is 0 Å². The van der Waals surface area contributed by atoms with Crippen LogP contribution in [0.5, 0.6) is 5.75 Å². The molecule has 2 heterocycles. The number of nitrogens with zero attached hydrogens (tertiary/aromatic N) is 4. The normalized spacial score (nSPS) is 11.6. The van der Waals surface area contributed by atoms with Gasteiger partial charge in [0, 0.05) is 25.6 Å². The maximum absolute atomic E-state index is 9.65. The highest BCUT2D eigenvalue weighted by atomic mass is 16.3. The molecule has 0 atom stereocenters. The molecule has 0 unspecified atom stereocenters. The first-order valence-electron chi connectivity index (χ1n) is 10.7. The molecule has 5 nitrogen and oxygen atoms in total. The van der Waals surface area contributed by atoms with Crippen molar-refractivity contribution in [1.29, 1.82) is 0 Å². The number of phenols is 1. The lowest BCUT2D eigenvalue weighted by Crippen LogP contribution is -2.05. The minimum absolute atomic E-state index is 0.285. The number of rotatable bonds is 5. The summed E-state index contributed by atoms with van der Waals surface area (Å²) < 4.78 is 4.47. The molecule has 156 valence electrons. The van der Waals surface area contributed by atoms with Crippen LogP contribution in [0.15, 0.2) is 60.7 Å². The molecule has 0 spiro atoms. The maximum atomic E-state index is 9.65. The number of aromatic nitrogens is 4.